The fraction of sp³-hybridized carbons (Fsp3) is 0.579. The third kappa shape index (κ3) is 5.74. The van der Waals surface area contributed by atoms with Crippen LogP contribution in [0.2, 0.25) is 0 Å². The van der Waals surface area contributed by atoms with Gasteiger partial charge in [0.25, 0.3) is 0 Å². The van der Waals surface area contributed by atoms with E-state index in [1.54, 1.807) is 11.8 Å². The lowest BCUT2D eigenvalue weighted by Gasteiger charge is -2.33. The predicted octanol–water partition coefficient (Wildman–Crippen LogP) is 2.34. The predicted molar refractivity (Wildman–Crippen MR) is 97.4 cm³/mol. The van der Waals surface area contributed by atoms with Gasteiger partial charge >= 0.3 is 6.09 Å². The van der Waals surface area contributed by atoms with Gasteiger partial charge in [-0.2, -0.15) is 0 Å². The molecular weight excluding hydrogens is 318 g/mol. The van der Waals surface area contributed by atoms with E-state index in [0.29, 0.717) is 39.3 Å². The number of amides is 2. The first-order valence-corrected chi connectivity index (χ1v) is 9.03. The van der Waals surface area contributed by atoms with Gasteiger partial charge in [-0.1, -0.05) is 36.8 Å². The number of rotatable bonds is 6. The molecule has 0 unspecified atom stereocenters. The molecule has 0 aromatic heterocycles. The Bertz CT molecular complexity index is 566. The van der Waals surface area contributed by atoms with E-state index in [1.165, 1.54) is 5.56 Å². The molecule has 1 heterocycles. The van der Waals surface area contributed by atoms with Gasteiger partial charge in [0.1, 0.15) is 0 Å². The molecule has 1 aromatic carbocycles. The van der Waals surface area contributed by atoms with Gasteiger partial charge in [0.05, 0.1) is 19.2 Å². The van der Waals surface area contributed by atoms with Crippen LogP contribution in [-0.4, -0.2) is 61.1 Å². The van der Waals surface area contributed by atoms with Gasteiger partial charge in [0.2, 0.25) is 5.91 Å². The molecule has 1 aromatic rings. The molecule has 0 bridgehead atoms. The van der Waals surface area contributed by atoms with Crippen LogP contribution >= 0.6 is 0 Å². The van der Waals surface area contributed by atoms with E-state index in [-0.39, 0.29) is 18.0 Å². The minimum Gasteiger partial charge on any atom is -0.450 e. The Balaban J connectivity index is 1.80. The lowest BCUT2D eigenvalue weighted by atomic mass is 10.0. The van der Waals surface area contributed by atoms with Crippen molar-refractivity contribution < 1.29 is 14.3 Å². The van der Waals surface area contributed by atoms with Crippen LogP contribution in [0.15, 0.2) is 24.3 Å². The molecule has 1 atom stereocenters. The molecule has 1 aliphatic rings. The maximum absolute atomic E-state index is 12.4. The minimum absolute atomic E-state index is 0.0250. The Morgan fingerprint density at radius 3 is 2.32 bits per heavy atom. The Hall–Kier alpha value is -2.08. The molecule has 1 fully saturated rings. The van der Waals surface area contributed by atoms with Gasteiger partial charge < -0.3 is 15.0 Å². The lowest BCUT2D eigenvalue weighted by Crippen LogP contribution is -2.51. The summed E-state index contributed by atoms with van der Waals surface area (Å²) in [5.74, 6) is 0.0250. The molecular formula is C19H29N3O3. The summed E-state index contributed by atoms with van der Waals surface area (Å²) in [7, 11) is 0. The summed E-state index contributed by atoms with van der Waals surface area (Å²) in [4.78, 5) is 27.8. The quantitative estimate of drug-likeness (QED) is 0.858. The summed E-state index contributed by atoms with van der Waals surface area (Å²) in [6, 6.07) is 8.32. The SMILES string of the molecule is CCOC(=O)N1CCN(CC(=O)N[C@H](CC)c2ccc(C)cc2)CC1. The molecule has 1 aliphatic heterocycles. The molecule has 1 N–H and O–H groups in total. The van der Waals surface area contributed by atoms with Crippen LogP contribution in [-0.2, 0) is 9.53 Å². The van der Waals surface area contributed by atoms with Gasteiger partial charge in [-0.25, -0.2) is 4.79 Å². The highest BCUT2D eigenvalue weighted by atomic mass is 16.6. The van der Waals surface area contributed by atoms with E-state index in [9.17, 15) is 9.59 Å². The highest BCUT2D eigenvalue weighted by molar-refractivity contribution is 5.78. The second-order valence-corrected chi connectivity index (χ2v) is 6.40. The highest BCUT2D eigenvalue weighted by Gasteiger charge is 2.23. The molecule has 0 aliphatic carbocycles. The maximum Gasteiger partial charge on any atom is 0.409 e. The summed E-state index contributed by atoms with van der Waals surface area (Å²) in [6.07, 6.45) is 0.586. The smallest absolute Gasteiger partial charge is 0.409 e. The van der Waals surface area contributed by atoms with Crippen molar-refractivity contribution in [1.29, 1.82) is 0 Å². The Morgan fingerprint density at radius 2 is 1.76 bits per heavy atom. The largest absolute Gasteiger partial charge is 0.450 e. The van der Waals surface area contributed by atoms with E-state index in [2.05, 4.69) is 48.3 Å². The third-order valence-electron chi connectivity index (χ3n) is 4.49. The summed E-state index contributed by atoms with van der Waals surface area (Å²) in [5.41, 5.74) is 2.35. The second kappa shape index (κ2) is 9.42. The molecule has 1 saturated heterocycles. The minimum atomic E-state index is -0.267. The van der Waals surface area contributed by atoms with Gasteiger partial charge in [-0.3, -0.25) is 9.69 Å². The van der Waals surface area contributed by atoms with Crippen molar-refractivity contribution in [3.8, 4) is 0 Å². The fourth-order valence-corrected chi connectivity index (χ4v) is 2.97. The maximum atomic E-state index is 12.4. The molecule has 0 radical (unpaired) electrons. The van der Waals surface area contributed by atoms with E-state index in [1.807, 2.05) is 0 Å². The zero-order valence-electron chi connectivity index (χ0n) is 15.5. The van der Waals surface area contributed by atoms with Crippen molar-refractivity contribution in [1.82, 2.24) is 15.1 Å². The first-order chi connectivity index (χ1) is 12.0. The van der Waals surface area contributed by atoms with Crippen molar-refractivity contribution in [2.24, 2.45) is 0 Å². The topological polar surface area (TPSA) is 61.9 Å². The average molecular weight is 347 g/mol. The van der Waals surface area contributed by atoms with E-state index in [4.69, 9.17) is 4.74 Å². The van der Waals surface area contributed by atoms with Gasteiger partial charge in [-0.15, -0.1) is 0 Å². The highest BCUT2D eigenvalue weighted by Crippen LogP contribution is 2.17. The number of hydrogen-bond donors (Lipinski definition) is 1. The number of hydrogen-bond acceptors (Lipinski definition) is 4. The standard InChI is InChI=1S/C19H29N3O3/c1-4-17(16-8-6-15(3)7-9-16)20-18(23)14-21-10-12-22(13-11-21)19(24)25-5-2/h6-9,17H,4-5,10-14H2,1-3H3,(H,20,23)/t17-/m1/s1. The van der Waals surface area contributed by atoms with Crippen LogP contribution in [0.25, 0.3) is 0 Å². The number of carbonyl (C=O) groups excluding carboxylic acids is 2. The summed E-state index contributed by atoms with van der Waals surface area (Å²) < 4.78 is 5.01. The molecule has 0 spiro atoms. The summed E-state index contributed by atoms with van der Waals surface area (Å²) in [6.45, 7) is 9.25. The Kier molecular flexibility index (Phi) is 7.25. The molecule has 138 valence electrons. The fourth-order valence-electron chi connectivity index (χ4n) is 2.97. The molecule has 0 saturated carbocycles. The summed E-state index contributed by atoms with van der Waals surface area (Å²) >= 11 is 0. The zero-order chi connectivity index (χ0) is 18.2. The van der Waals surface area contributed by atoms with Crippen LogP contribution in [0, 0.1) is 6.92 Å². The Morgan fingerprint density at radius 1 is 1.12 bits per heavy atom. The molecule has 2 rings (SSSR count). The first-order valence-electron chi connectivity index (χ1n) is 9.03. The van der Waals surface area contributed by atoms with Crippen LogP contribution in [0.5, 0.6) is 0 Å². The van der Waals surface area contributed by atoms with Crippen molar-refractivity contribution in [2.45, 2.75) is 33.2 Å². The van der Waals surface area contributed by atoms with Crippen LogP contribution < -0.4 is 5.32 Å². The van der Waals surface area contributed by atoms with E-state index in [0.717, 1.165) is 12.0 Å². The van der Waals surface area contributed by atoms with Crippen molar-refractivity contribution in [3.05, 3.63) is 35.4 Å². The molecule has 6 nitrogen and oxygen atoms in total. The third-order valence-corrected chi connectivity index (χ3v) is 4.49. The number of nitrogens with zero attached hydrogens (tertiary/aromatic N) is 2. The number of ether oxygens (including phenoxy) is 1. The van der Waals surface area contributed by atoms with Gasteiger partial charge in [0, 0.05) is 26.2 Å². The second-order valence-electron chi connectivity index (χ2n) is 6.40. The number of carbonyl (C=O) groups is 2. The van der Waals surface area contributed by atoms with Crippen molar-refractivity contribution in [3.63, 3.8) is 0 Å². The number of aryl methyl sites for hydroxylation is 1. The summed E-state index contributed by atoms with van der Waals surface area (Å²) in [5, 5.41) is 3.12. The van der Waals surface area contributed by atoms with E-state index >= 15 is 0 Å². The molecule has 2 amide bonds. The van der Waals surface area contributed by atoms with Crippen LogP contribution in [0.4, 0.5) is 4.79 Å². The van der Waals surface area contributed by atoms with Crippen LogP contribution in [0.1, 0.15) is 37.4 Å². The Labute approximate surface area is 150 Å². The van der Waals surface area contributed by atoms with Crippen molar-refractivity contribution >= 4 is 12.0 Å². The van der Waals surface area contributed by atoms with E-state index < -0.39 is 0 Å². The molecule has 6 heteroatoms. The monoisotopic (exact) mass is 347 g/mol. The van der Waals surface area contributed by atoms with Gasteiger partial charge in [0.15, 0.2) is 0 Å². The normalized spacial score (nSPS) is 16.4. The average Bonchev–Trinajstić information content (AvgIpc) is 2.61. The lowest BCUT2D eigenvalue weighted by molar-refractivity contribution is -0.123. The zero-order valence-corrected chi connectivity index (χ0v) is 15.5. The number of nitrogens with one attached hydrogen (secondary N) is 1. The molecule has 25 heavy (non-hydrogen) atoms. The number of piperazine rings is 1. The number of benzene rings is 1. The van der Waals surface area contributed by atoms with Crippen molar-refractivity contribution in [2.75, 3.05) is 39.3 Å². The van der Waals surface area contributed by atoms with Crippen LogP contribution in [0.3, 0.4) is 0 Å². The van der Waals surface area contributed by atoms with Gasteiger partial charge in [-0.05, 0) is 25.8 Å². The first kappa shape index (κ1) is 19.2.